The van der Waals surface area contributed by atoms with Crippen molar-refractivity contribution in [2.45, 2.75) is 45.9 Å². The van der Waals surface area contributed by atoms with Crippen LogP contribution in [0.3, 0.4) is 0 Å². The van der Waals surface area contributed by atoms with Gasteiger partial charge in [-0.1, -0.05) is 48.4 Å². The van der Waals surface area contributed by atoms with Crippen molar-refractivity contribution in [1.82, 2.24) is 30.1 Å². The number of hydrogen-bond donors (Lipinski definition) is 1. The fourth-order valence-corrected chi connectivity index (χ4v) is 4.74. The van der Waals surface area contributed by atoms with Crippen molar-refractivity contribution in [2.75, 3.05) is 0 Å². The van der Waals surface area contributed by atoms with E-state index in [9.17, 15) is 4.79 Å². The fourth-order valence-electron chi connectivity index (χ4n) is 4.55. The lowest BCUT2D eigenvalue weighted by Gasteiger charge is -2.30. The molecule has 8 nitrogen and oxygen atoms in total. The fraction of sp³-hybridized carbons (Fsp3) is 0.259. The maximum Gasteiger partial charge on any atom is 0.252 e. The van der Waals surface area contributed by atoms with E-state index in [1.807, 2.05) is 61.5 Å². The first-order valence-electron chi connectivity index (χ1n) is 11.9. The average Bonchev–Trinajstić information content (AvgIpc) is 3.55. The second-order valence-corrected chi connectivity index (χ2v) is 9.32. The molecule has 2 aromatic carbocycles. The number of hydrogen-bond acceptors (Lipinski definition) is 6. The van der Waals surface area contributed by atoms with Crippen molar-refractivity contribution in [2.24, 2.45) is 0 Å². The number of nitrogens with one attached hydrogen (secondary N) is 1. The van der Waals surface area contributed by atoms with Gasteiger partial charge in [0.05, 0.1) is 12.3 Å². The lowest BCUT2D eigenvalue weighted by molar-refractivity contribution is 0.161. The molecule has 0 bridgehead atoms. The highest BCUT2D eigenvalue weighted by Gasteiger charge is 2.27. The van der Waals surface area contributed by atoms with Gasteiger partial charge in [-0.3, -0.25) is 9.69 Å². The number of tetrazole rings is 1. The van der Waals surface area contributed by atoms with Crippen LogP contribution in [0.25, 0.3) is 10.9 Å². The number of H-pyrrole nitrogens is 1. The first-order valence-corrected chi connectivity index (χ1v) is 12.3. The van der Waals surface area contributed by atoms with E-state index in [1.54, 1.807) is 10.9 Å². The Morgan fingerprint density at radius 3 is 2.69 bits per heavy atom. The molecule has 0 radical (unpaired) electrons. The molecule has 0 aliphatic rings. The molecule has 9 heteroatoms. The van der Waals surface area contributed by atoms with Gasteiger partial charge in [0.25, 0.3) is 5.56 Å². The molecular weight excluding hydrogens is 476 g/mol. The normalized spacial score (nSPS) is 12.4. The van der Waals surface area contributed by atoms with Gasteiger partial charge in [-0.05, 0) is 71.1 Å². The van der Waals surface area contributed by atoms with Crippen molar-refractivity contribution in [3.63, 3.8) is 0 Å². The van der Waals surface area contributed by atoms with E-state index >= 15 is 0 Å². The van der Waals surface area contributed by atoms with Crippen LogP contribution >= 0.6 is 11.6 Å². The molecule has 36 heavy (non-hydrogen) atoms. The molecule has 5 rings (SSSR count). The Labute approximate surface area is 213 Å². The van der Waals surface area contributed by atoms with Crippen LogP contribution in [0.5, 0.6) is 0 Å². The minimum atomic E-state index is -0.168. The minimum absolute atomic E-state index is 0.111. The van der Waals surface area contributed by atoms with Crippen molar-refractivity contribution in [1.29, 1.82) is 0 Å². The van der Waals surface area contributed by atoms with Crippen molar-refractivity contribution in [3.8, 4) is 0 Å². The first-order chi connectivity index (χ1) is 17.5. The van der Waals surface area contributed by atoms with Crippen molar-refractivity contribution in [3.05, 3.63) is 111 Å². The molecule has 1 N–H and O–H groups in total. The van der Waals surface area contributed by atoms with Crippen molar-refractivity contribution >= 4 is 22.5 Å². The second kappa shape index (κ2) is 10.5. The molecule has 5 aromatic rings. The summed E-state index contributed by atoms with van der Waals surface area (Å²) in [6.07, 6.45) is 2.36. The summed E-state index contributed by atoms with van der Waals surface area (Å²) >= 11 is 6.54. The predicted molar refractivity (Wildman–Crippen MR) is 139 cm³/mol. The SMILES string of the molecule is CC[C@H](c1nnnn1Cc1ccco1)N(Cc1ccccc1Cl)Cc1cc2cc(C)ccc2[nH]c1=O. The van der Waals surface area contributed by atoms with Gasteiger partial charge in [0.2, 0.25) is 0 Å². The highest BCUT2D eigenvalue weighted by molar-refractivity contribution is 6.31. The highest BCUT2D eigenvalue weighted by atomic mass is 35.5. The summed E-state index contributed by atoms with van der Waals surface area (Å²) in [6, 6.07) is 19.3. The van der Waals surface area contributed by atoms with Crippen LogP contribution in [0.1, 0.15) is 47.7 Å². The largest absolute Gasteiger partial charge is 0.467 e. The molecule has 0 aliphatic heterocycles. The Kier molecular flexibility index (Phi) is 6.97. The average molecular weight is 503 g/mol. The molecule has 0 spiro atoms. The standard InChI is InChI=1S/C27H27ClN6O2/c1-3-25(26-30-31-32-34(26)17-22-8-6-12-36-22)33(15-19-7-4-5-9-23(19)28)16-21-14-20-13-18(2)10-11-24(20)29-27(21)35/h4-14,25H,3,15-17H2,1-2H3,(H,29,35)/t25-/m1/s1. The zero-order valence-electron chi connectivity index (χ0n) is 20.2. The van der Waals surface area contributed by atoms with Gasteiger partial charge < -0.3 is 9.40 Å². The number of aromatic nitrogens is 5. The number of furan rings is 1. The molecule has 184 valence electrons. The third kappa shape index (κ3) is 5.10. The van der Waals surface area contributed by atoms with E-state index in [4.69, 9.17) is 16.0 Å². The van der Waals surface area contributed by atoms with Gasteiger partial charge >= 0.3 is 0 Å². The Hall–Kier alpha value is -3.75. The van der Waals surface area contributed by atoms with E-state index < -0.39 is 0 Å². The number of fused-ring (bicyclic) bond motifs is 1. The summed E-state index contributed by atoms with van der Waals surface area (Å²) in [4.78, 5) is 18.3. The van der Waals surface area contributed by atoms with Gasteiger partial charge in [-0.15, -0.1) is 5.10 Å². The number of benzene rings is 2. The molecule has 0 aliphatic carbocycles. The summed E-state index contributed by atoms with van der Waals surface area (Å²) in [7, 11) is 0. The summed E-state index contributed by atoms with van der Waals surface area (Å²) < 4.78 is 7.27. The predicted octanol–water partition coefficient (Wildman–Crippen LogP) is 5.27. The molecule has 3 heterocycles. The molecule has 3 aromatic heterocycles. The zero-order chi connectivity index (χ0) is 25.1. The van der Waals surface area contributed by atoms with E-state index in [2.05, 4.69) is 38.4 Å². The lowest BCUT2D eigenvalue weighted by Crippen LogP contribution is -2.32. The summed E-state index contributed by atoms with van der Waals surface area (Å²) in [5.41, 5.74) is 3.48. The monoisotopic (exact) mass is 502 g/mol. The topological polar surface area (TPSA) is 92.8 Å². The third-order valence-corrected chi connectivity index (χ3v) is 6.72. The molecule has 0 saturated heterocycles. The van der Waals surface area contributed by atoms with Gasteiger partial charge in [0.15, 0.2) is 5.82 Å². The molecule has 1 atom stereocenters. The number of aryl methyl sites for hydroxylation is 1. The molecule has 0 fully saturated rings. The summed E-state index contributed by atoms with van der Waals surface area (Å²) in [5.74, 6) is 1.46. The molecular formula is C27H27ClN6O2. The number of rotatable bonds is 9. The first kappa shape index (κ1) is 24.0. The Balaban J connectivity index is 1.54. The maximum atomic E-state index is 13.1. The smallest absolute Gasteiger partial charge is 0.252 e. The van der Waals surface area contributed by atoms with Gasteiger partial charge in [0.1, 0.15) is 12.3 Å². The van der Waals surface area contributed by atoms with E-state index in [0.29, 0.717) is 36.0 Å². The Bertz CT molecular complexity index is 1530. The second-order valence-electron chi connectivity index (χ2n) is 8.91. The Morgan fingerprint density at radius 2 is 1.92 bits per heavy atom. The zero-order valence-corrected chi connectivity index (χ0v) is 20.9. The number of aromatic amines is 1. The van der Waals surface area contributed by atoms with Crippen LogP contribution in [-0.4, -0.2) is 30.1 Å². The van der Waals surface area contributed by atoms with Crippen LogP contribution < -0.4 is 5.56 Å². The van der Waals surface area contributed by atoms with Gasteiger partial charge in [-0.2, -0.15) is 0 Å². The molecule has 0 saturated carbocycles. The van der Waals surface area contributed by atoms with Gasteiger partial charge in [0, 0.05) is 29.2 Å². The van der Waals surface area contributed by atoms with Crippen molar-refractivity contribution < 1.29 is 4.42 Å². The highest BCUT2D eigenvalue weighted by Crippen LogP contribution is 2.29. The van der Waals surface area contributed by atoms with Crippen LogP contribution in [0.15, 0.2) is 76.1 Å². The van der Waals surface area contributed by atoms with E-state index in [-0.39, 0.29) is 11.6 Å². The summed E-state index contributed by atoms with van der Waals surface area (Å²) in [5, 5.41) is 14.2. The molecule has 0 amide bonds. The third-order valence-electron chi connectivity index (χ3n) is 6.35. The minimum Gasteiger partial charge on any atom is -0.467 e. The quantitative estimate of drug-likeness (QED) is 0.295. The van der Waals surface area contributed by atoms with Gasteiger partial charge in [-0.25, -0.2) is 4.68 Å². The van der Waals surface area contributed by atoms with E-state index in [0.717, 1.165) is 34.2 Å². The van der Waals surface area contributed by atoms with E-state index in [1.165, 1.54) is 0 Å². The number of halogens is 1. The van der Waals surface area contributed by atoms with Crippen LogP contribution in [0.4, 0.5) is 0 Å². The lowest BCUT2D eigenvalue weighted by atomic mass is 10.1. The van der Waals surface area contributed by atoms with Crippen LogP contribution in [-0.2, 0) is 19.6 Å². The van der Waals surface area contributed by atoms with Crippen LogP contribution in [0, 0.1) is 6.92 Å². The molecule has 0 unspecified atom stereocenters. The number of pyridine rings is 1. The summed E-state index contributed by atoms with van der Waals surface area (Å²) in [6.45, 7) is 5.47. The maximum absolute atomic E-state index is 13.1. The number of nitrogens with zero attached hydrogens (tertiary/aromatic N) is 5. The van der Waals surface area contributed by atoms with Crippen LogP contribution in [0.2, 0.25) is 5.02 Å². The Morgan fingerprint density at radius 1 is 1.08 bits per heavy atom.